The number of hydrogen-bond acceptors (Lipinski definition) is 6. The lowest BCUT2D eigenvalue weighted by atomic mass is 10.1. The van der Waals surface area contributed by atoms with Crippen molar-refractivity contribution in [2.24, 2.45) is 5.10 Å². The molecular weight excluding hydrogens is 424 g/mol. The zero-order chi connectivity index (χ0) is 23.6. The predicted octanol–water partition coefficient (Wildman–Crippen LogP) is 2.07. The van der Waals surface area contributed by atoms with E-state index in [2.05, 4.69) is 21.2 Å². The van der Waals surface area contributed by atoms with E-state index in [0.29, 0.717) is 24.5 Å². The largest absolute Gasteiger partial charge is 0.484 e. The fraction of sp³-hybridized carbons (Fsp3) is 0.333. The highest BCUT2D eigenvalue weighted by atomic mass is 16.5. The fourth-order valence-corrected chi connectivity index (χ4v) is 3.39. The number of amides is 3. The average Bonchev–Trinajstić information content (AvgIpc) is 3.29. The monoisotopic (exact) mass is 452 g/mol. The van der Waals surface area contributed by atoms with Crippen molar-refractivity contribution < 1.29 is 23.9 Å². The molecule has 0 aliphatic carbocycles. The number of hydrazone groups is 1. The van der Waals surface area contributed by atoms with Crippen molar-refractivity contribution in [3.8, 4) is 5.75 Å². The van der Waals surface area contributed by atoms with Crippen molar-refractivity contribution in [2.45, 2.75) is 32.8 Å². The lowest BCUT2D eigenvalue weighted by Gasteiger charge is -2.10. The predicted molar refractivity (Wildman–Crippen MR) is 124 cm³/mol. The van der Waals surface area contributed by atoms with Gasteiger partial charge < -0.3 is 20.1 Å². The van der Waals surface area contributed by atoms with E-state index in [1.54, 1.807) is 24.3 Å². The van der Waals surface area contributed by atoms with E-state index in [1.807, 2.05) is 32.0 Å². The second-order valence-corrected chi connectivity index (χ2v) is 7.83. The summed E-state index contributed by atoms with van der Waals surface area (Å²) in [5, 5.41) is 9.14. The molecule has 2 aromatic rings. The molecule has 0 unspecified atom stereocenters. The van der Waals surface area contributed by atoms with E-state index < -0.39 is 11.8 Å². The van der Waals surface area contributed by atoms with Crippen LogP contribution in [0.1, 0.15) is 29.5 Å². The average molecular weight is 453 g/mol. The van der Waals surface area contributed by atoms with Gasteiger partial charge in [0.1, 0.15) is 5.75 Å². The van der Waals surface area contributed by atoms with Gasteiger partial charge in [-0.15, -0.1) is 0 Å². The van der Waals surface area contributed by atoms with Crippen LogP contribution in [0.15, 0.2) is 47.6 Å². The molecule has 3 N–H and O–H groups in total. The number of aryl methyl sites for hydroxylation is 2. The molecule has 1 heterocycles. The first-order chi connectivity index (χ1) is 15.9. The minimum atomic E-state index is -0.861. The molecule has 0 saturated carbocycles. The van der Waals surface area contributed by atoms with Crippen LogP contribution in [-0.2, 0) is 19.1 Å². The van der Waals surface area contributed by atoms with Gasteiger partial charge in [0, 0.05) is 18.8 Å². The number of anilines is 1. The van der Waals surface area contributed by atoms with Gasteiger partial charge in [-0.1, -0.05) is 18.2 Å². The molecule has 2 aromatic carbocycles. The summed E-state index contributed by atoms with van der Waals surface area (Å²) in [5.74, 6) is -1.44. The molecule has 9 nitrogen and oxygen atoms in total. The zero-order valence-corrected chi connectivity index (χ0v) is 18.7. The van der Waals surface area contributed by atoms with Crippen molar-refractivity contribution in [3.05, 3.63) is 59.2 Å². The summed E-state index contributed by atoms with van der Waals surface area (Å²) < 4.78 is 10.9. The van der Waals surface area contributed by atoms with Gasteiger partial charge in [0.25, 0.3) is 5.91 Å². The third kappa shape index (κ3) is 8.04. The minimum absolute atomic E-state index is 0.0454. The Morgan fingerprint density at radius 3 is 2.64 bits per heavy atom. The lowest BCUT2D eigenvalue weighted by molar-refractivity contribution is -0.139. The highest BCUT2D eigenvalue weighted by Gasteiger charge is 2.18. The number of carbonyl (C=O) groups is 3. The van der Waals surface area contributed by atoms with Gasteiger partial charge >= 0.3 is 11.8 Å². The Bertz CT molecular complexity index is 1010. The summed E-state index contributed by atoms with van der Waals surface area (Å²) in [6, 6.07) is 12.7. The molecule has 33 heavy (non-hydrogen) atoms. The molecule has 0 spiro atoms. The van der Waals surface area contributed by atoms with Crippen molar-refractivity contribution in [1.29, 1.82) is 0 Å². The summed E-state index contributed by atoms with van der Waals surface area (Å²) in [7, 11) is 0. The Morgan fingerprint density at radius 2 is 1.91 bits per heavy atom. The Hall–Kier alpha value is -3.72. The molecule has 0 aromatic heterocycles. The Morgan fingerprint density at radius 1 is 1.12 bits per heavy atom. The summed E-state index contributed by atoms with van der Waals surface area (Å²) in [5.41, 5.74) is 5.65. The zero-order valence-electron chi connectivity index (χ0n) is 18.7. The molecule has 0 bridgehead atoms. The van der Waals surface area contributed by atoms with E-state index >= 15 is 0 Å². The molecule has 9 heteroatoms. The number of nitrogens with one attached hydrogen (secondary N) is 3. The van der Waals surface area contributed by atoms with Gasteiger partial charge in [0.2, 0.25) is 0 Å². The molecule has 0 radical (unpaired) electrons. The first-order valence-corrected chi connectivity index (χ1v) is 10.7. The number of benzene rings is 2. The molecule has 1 saturated heterocycles. The second-order valence-electron chi connectivity index (χ2n) is 7.83. The Kier molecular flexibility index (Phi) is 8.54. The number of ether oxygens (including phenoxy) is 2. The number of carbonyl (C=O) groups excluding carboxylic acids is 3. The fourth-order valence-electron chi connectivity index (χ4n) is 3.39. The molecule has 1 aliphatic rings. The maximum atomic E-state index is 12.2. The van der Waals surface area contributed by atoms with Gasteiger partial charge in [-0.25, -0.2) is 5.43 Å². The standard InChI is InChI=1S/C24H28N4O5/c1-16-9-17(2)11-19(10-16)27-22(29)15-33-20-6-3-5-18(12-20)13-26-28-24(31)23(30)25-14-21-7-4-8-32-21/h3,5-6,9-13,21H,4,7-8,14-15H2,1-2H3,(H,25,30)(H,27,29)(H,28,31)/b26-13-/t21-/m1/s1. The summed E-state index contributed by atoms with van der Waals surface area (Å²) in [6.07, 6.45) is 3.16. The number of nitrogens with zero attached hydrogens (tertiary/aromatic N) is 1. The summed E-state index contributed by atoms with van der Waals surface area (Å²) >= 11 is 0. The van der Waals surface area contributed by atoms with Crippen LogP contribution in [0.5, 0.6) is 5.75 Å². The van der Waals surface area contributed by atoms with Crippen molar-refractivity contribution in [1.82, 2.24) is 10.7 Å². The molecule has 3 rings (SSSR count). The van der Waals surface area contributed by atoms with Gasteiger partial charge in [-0.05, 0) is 67.6 Å². The highest BCUT2D eigenvalue weighted by molar-refractivity contribution is 6.35. The summed E-state index contributed by atoms with van der Waals surface area (Å²) in [6.45, 7) is 4.75. The topological polar surface area (TPSA) is 118 Å². The van der Waals surface area contributed by atoms with Crippen LogP contribution >= 0.6 is 0 Å². The SMILES string of the molecule is Cc1cc(C)cc(NC(=O)COc2cccc(/C=N\NC(=O)C(=O)NC[C@H]3CCCO3)c2)c1. The first-order valence-electron chi connectivity index (χ1n) is 10.7. The van der Waals surface area contributed by atoms with Crippen molar-refractivity contribution in [2.75, 3.05) is 25.1 Å². The molecular formula is C24H28N4O5. The lowest BCUT2D eigenvalue weighted by Crippen LogP contribution is -2.41. The van der Waals surface area contributed by atoms with Crippen LogP contribution in [0.4, 0.5) is 5.69 Å². The normalized spacial score (nSPS) is 15.3. The molecule has 1 fully saturated rings. The smallest absolute Gasteiger partial charge is 0.329 e. The van der Waals surface area contributed by atoms with Gasteiger partial charge in [0.05, 0.1) is 12.3 Å². The molecule has 1 atom stereocenters. The van der Waals surface area contributed by atoms with E-state index in [9.17, 15) is 14.4 Å². The Balaban J connectivity index is 1.43. The van der Waals surface area contributed by atoms with Crippen LogP contribution in [0.3, 0.4) is 0 Å². The quantitative estimate of drug-likeness (QED) is 0.322. The van der Waals surface area contributed by atoms with Crippen molar-refractivity contribution in [3.63, 3.8) is 0 Å². The van der Waals surface area contributed by atoms with Gasteiger partial charge in [-0.2, -0.15) is 5.10 Å². The van der Waals surface area contributed by atoms with Crippen LogP contribution in [-0.4, -0.2) is 49.8 Å². The first kappa shape index (κ1) is 23.9. The third-order valence-electron chi connectivity index (χ3n) is 4.83. The molecule has 174 valence electrons. The van der Waals surface area contributed by atoms with Crippen molar-refractivity contribution >= 4 is 29.6 Å². The number of hydrogen-bond donors (Lipinski definition) is 3. The molecule has 3 amide bonds. The van der Waals surface area contributed by atoms with E-state index in [-0.39, 0.29) is 18.6 Å². The van der Waals surface area contributed by atoms with Gasteiger partial charge in [0.15, 0.2) is 6.61 Å². The summed E-state index contributed by atoms with van der Waals surface area (Å²) in [4.78, 5) is 35.8. The van der Waals surface area contributed by atoms with Crippen LogP contribution in [0.25, 0.3) is 0 Å². The second kappa shape index (κ2) is 11.8. The van der Waals surface area contributed by atoms with E-state index in [4.69, 9.17) is 9.47 Å². The third-order valence-corrected chi connectivity index (χ3v) is 4.83. The van der Waals surface area contributed by atoms with E-state index in [0.717, 1.165) is 29.7 Å². The number of rotatable bonds is 8. The maximum absolute atomic E-state index is 12.2. The van der Waals surface area contributed by atoms with Crippen LogP contribution in [0.2, 0.25) is 0 Å². The maximum Gasteiger partial charge on any atom is 0.329 e. The molecule has 1 aliphatic heterocycles. The Labute approximate surface area is 192 Å². The van der Waals surface area contributed by atoms with Gasteiger partial charge in [-0.3, -0.25) is 14.4 Å². The van der Waals surface area contributed by atoms with Crippen LogP contribution in [0, 0.1) is 13.8 Å². The van der Waals surface area contributed by atoms with E-state index in [1.165, 1.54) is 6.21 Å². The minimum Gasteiger partial charge on any atom is -0.484 e. The highest BCUT2D eigenvalue weighted by Crippen LogP contribution is 2.15. The van der Waals surface area contributed by atoms with Crippen LogP contribution < -0.4 is 20.8 Å².